The molecule has 0 aliphatic rings. The van der Waals surface area contributed by atoms with Gasteiger partial charge in [-0.3, -0.25) is 4.79 Å². The maximum absolute atomic E-state index is 12.4. The van der Waals surface area contributed by atoms with Gasteiger partial charge in [-0.05, 0) is 24.6 Å². The van der Waals surface area contributed by atoms with E-state index in [1.165, 1.54) is 12.1 Å². The van der Waals surface area contributed by atoms with Crippen molar-refractivity contribution in [1.82, 2.24) is 0 Å². The van der Waals surface area contributed by atoms with Gasteiger partial charge in [0.25, 0.3) is 0 Å². The van der Waals surface area contributed by atoms with Crippen LogP contribution >= 0.6 is 0 Å². The second-order valence-corrected chi connectivity index (χ2v) is 3.58. The second kappa shape index (κ2) is 5.18. The van der Waals surface area contributed by atoms with Gasteiger partial charge in [0.05, 0.1) is 0 Å². The summed E-state index contributed by atoms with van der Waals surface area (Å²) in [5.74, 6) is -1.89. The Labute approximate surface area is 97.0 Å². The Bertz CT molecular complexity index is 404. The first-order valence-electron chi connectivity index (χ1n) is 5.01. The zero-order valence-corrected chi connectivity index (χ0v) is 9.29. The van der Waals surface area contributed by atoms with Crippen molar-refractivity contribution in [3.05, 3.63) is 29.8 Å². The Balaban J connectivity index is 3.05. The number of hydrogen-bond acceptors (Lipinski definition) is 2. The lowest BCUT2D eigenvalue weighted by molar-refractivity contribution is -0.170. The number of carbonyl (C=O) groups excluding carboxylic acids is 1. The third-order valence-electron chi connectivity index (χ3n) is 2.15. The summed E-state index contributed by atoms with van der Waals surface area (Å²) >= 11 is 0. The van der Waals surface area contributed by atoms with Crippen LogP contribution in [-0.4, -0.2) is 25.2 Å². The molecule has 0 radical (unpaired) electrons. The summed E-state index contributed by atoms with van der Waals surface area (Å²) in [7, 11) is 0. The molecule has 0 atom stereocenters. The van der Waals surface area contributed by atoms with Crippen molar-refractivity contribution in [2.45, 2.75) is 13.1 Å². The van der Waals surface area contributed by atoms with E-state index in [9.17, 15) is 18.0 Å². The first-order valence-corrected chi connectivity index (χ1v) is 5.01. The average Bonchev–Trinajstić information content (AvgIpc) is 2.23. The number of rotatable bonds is 3. The first kappa shape index (κ1) is 13.5. The Morgan fingerprint density at radius 3 is 2.53 bits per heavy atom. The predicted molar refractivity (Wildman–Crippen MR) is 58.6 cm³/mol. The zero-order valence-electron chi connectivity index (χ0n) is 9.29. The zero-order chi connectivity index (χ0) is 13.1. The quantitative estimate of drug-likeness (QED) is 0.884. The van der Waals surface area contributed by atoms with E-state index in [0.29, 0.717) is 4.90 Å². The lowest BCUT2D eigenvalue weighted by Gasteiger charge is -2.23. The monoisotopic (exact) mass is 246 g/mol. The van der Waals surface area contributed by atoms with Crippen molar-refractivity contribution in [2.24, 2.45) is 5.73 Å². The molecule has 6 heteroatoms. The van der Waals surface area contributed by atoms with E-state index in [0.717, 1.165) is 5.56 Å². The molecular formula is C11H13F3N2O. The van der Waals surface area contributed by atoms with Gasteiger partial charge in [-0.1, -0.05) is 12.1 Å². The molecule has 0 spiro atoms. The van der Waals surface area contributed by atoms with Gasteiger partial charge < -0.3 is 10.6 Å². The molecule has 0 aliphatic carbocycles. The maximum atomic E-state index is 12.4. The molecule has 1 amide bonds. The lowest BCUT2D eigenvalue weighted by Crippen LogP contribution is -2.43. The van der Waals surface area contributed by atoms with E-state index >= 15 is 0 Å². The first-order chi connectivity index (χ1) is 7.86. The SMILES string of the molecule is Cc1cccc(N(CCN)C(=O)C(F)(F)F)c1. The number of alkyl halides is 3. The number of halogens is 3. The fourth-order valence-electron chi connectivity index (χ4n) is 1.43. The average molecular weight is 246 g/mol. The fraction of sp³-hybridized carbons (Fsp3) is 0.364. The molecule has 2 N–H and O–H groups in total. The lowest BCUT2D eigenvalue weighted by atomic mass is 10.2. The normalized spacial score (nSPS) is 11.4. The highest BCUT2D eigenvalue weighted by atomic mass is 19.4. The Hall–Kier alpha value is -1.56. The summed E-state index contributed by atoms with van der Waals surface area (Å²) in [6.07, 6.45) is -4.89. The number of hydrogen-bond donors (Lipinski definition) is 1. The molecule has 0 fully saturated rings. The predicted octanol–water partition coefficient (Wildman–Crippen LogP) is 1.85. The van der Waals surface area contributed by atoms with Crippen LogP contribution in [0.4, 0.5) is 18.9 Å². The van der Waals surface area contributed by atoms with Crippen molar-refractivity contribution in [2.75, 3.05) is 18.0 Å². The number of benzene rings is 1. The third-order valence-corrected chi connectivity index (χ3v) is 2.15. The van der Waals surface area contributed by atoms with Crippen LogP contribution in [0.5, 0.6) is 0 Å². The molecule has 0 bridgehead atoms. The second-order valence-electron chi connectivity index (χ2n) is 3.58. The molecule has 94 valence electrons. The molecule has 0 saturated heterocycles. The van der Waals surface area contributed by atoms with Crippen LogP contribution in [0.25, 0.3) is 0 Å². The molecule has 1 aromatic carbocycles. The van der Waals surface area contributed by atoms with Gasteiger partial charge in [0.2, 0.25) is 0 Å². The summed E-state index contributed by atoms with van der Waals surface area (Å²) in [5, 5.41) is 0. The van der Waals surface area contributed by atoms with Crippen molar-refractivity contribution in [1.29, 1.82) is 0 Å². The van der Waals surface area contributed by atoms with Crippen LogP contribution in [0.15, 0.2) is 24.3 Å². The topological polar surface area (TPSA) is 46.3 Å². The summed E-state index contributed by atoms with van der Waals surface area (Å²) in [6, 6.07) is 6.30. The number of anilines is 1. The molecular weight excluding hydrogens is 233 g/mol. The number of nitrogens with two attached hydrogens (primary N) is 1. The van der Waals surface area contributed by atoms with Crippen LogP contribution in [-0.2, 0) is 4.79 Å². The van der Waals surface area contributed by atoms with Crippen molar-refractivity contribution < 1.29 is 18.0 Å². The largest absolute Gasteiger partial charge is 0.471 e. The smallest absolute Gasteiger partial charge is 0.329 e. The number of carbonyl (C=O) groups is 1. The molecule has 0 heterocycles. The van der Waals surface area contributed by atoms with Crippen molar-refractivity contribution in [3.63, 3.8) is 0 Å². The van der Waals surface area contributed by atoms with Gasteiger partial charge in [0.15, 0.2) is 0 Å². The summed E-state index contributed by atoms with van der Waals surface area (Å²) < 4.78 is 37.1. The number of amides is 1. The van der Waals surface area contributed by atoms with E-state index in [4.69, 9.17) is 5.73 Å². The van der Waals surface area contributed by atoms with Crippen LogP contribution < -0.4 is 10.6 Å². The Morgan fingerprint density at radius 2 is 2.06 bits per heavy atom. The minimum absolute atomic E-state index is 0.0320. The Morgan fingerprint density at radius 1 is 1.41 bits per heavy atom. The fourth-order valence-corrected chi connectivity index (χ4v) is 1.43. The molecule has 0 saturated carbocycles. The molecule has 1 aromatic rings. The molecule has 0 aromatic heterocycles. The number of nitrogens with zero attached hydrogens (tertiary/aromatic N) is 1. The Kier molecular flexibility index (Phi) is 4.11. The summed E-state index contributed by atoms with van der Waals surface area (Å²) in [6.45, 7) is 1.54. The van der Waals surface area contributed by atoms with Crippen LogP contribution in [0, 0.1) is 6.92 Å². The van der Waals surface area contributed by atoms with E-state index in [1.54, 1.807) is 19.1 Å². The van der Waals surface area contributed by atoms with Crippen molar-refractivity contribution >= 4 is 11.6 Å². The standard InChI is InChI=1S/C11H13F3N2O/c1-8-3-2-4-9(7-8)16(6-5-15)10(17)11(12,13)14/h2-4,7H,5-6,15H2,1H3. The van der Waals surface area contributed by atoms with Crippen molar-refractivity contribution in [3.8, 4) is 0 Å². The van der Waals surface area contributed by atoms with E-state index in [2.05, 4.69) is 0 Å². The van der Waals surface area contributed by atoms with E-state index < -0.39 is 12.1 Å². The highest BCUT2D eigenvalue weighted by Crippen LogP contribution is 2.23. The highest BCUT2D eigenvalue weighted by molar-refractivity contribution is 5.97. The molecule has 17 heavy (non-hydrogen) atoms. The summed E-state index contributed by atoms with van der Waals surface area (Å²) in [4.78, 5) is 11.9. The summed E-state index contributed by atoms with van der Waals surface area (Å²) in [5.41, 5.74) is 6.21. The van der Waals surface area contributed by atoms with E-state index in [-0.39, 0.29) is 18.8 Å². The van der Waals surface area contributed by atoms with Gasteiger partial charge >= 0.3 is 12.1 Å². The molecule has 0 aliphatic heterocycles. The van der Waals surface area contributed by atoms with Crippen LogP contribution in [0.1, 0.15) is 5.56 Å². The van der Waals surface area contributed by atoms with Crippen LogP contribution in [0.3, 0.4) is 0 Å². The molecule has 0 unspecified atom stereocenters. The minimum atomic E-state index is -4.89. The van der Waals surface area contributed by atoms with Gasteiger partial charge in [-0.15, -0.1) is 0 Å². The number of aryl methyl sites for hydroxylation is 1. The van der Waals surface area contributed by atoms with Crippen LogP contribution in [0.2, 0.25) is 0 Å². The van der Waals surface area contributed by atoms with Gasteiger partial charge in [0, 0.05) is 18.8 Å². The minimum Gasteiger partial charge on any atom is -0.329 e. The van der Waals surface area contributed by atoms with Gasteiger partial charge in [-0.25, -0.2) is 0 Å². The molecule has 3 nitrogen and oxygen atoms in total. The highest BCUT2D eigenvalue weighted by Gasteiger charge is 2.42. The van der Waals surface area contributed by atoms with E-state index in [1.807, 2.05) is 0 Å². The third kappa shape index (κ3) is 3.45. The molecule has 1 rings (SSSR count). The van der Waals surface area contributed by atoms with Gasteiger partial charge in [-0.2, -0.15) is 13.2 Å². The maximum Gasteiger partial charge on any atom is 0.471 e. The van der Waals surface area contributed by atoms with Gasteiger partial charge in [0.1, 0.15) is 0 Å².